The van der Waals surface area contributed by atoms with Gasteiger partial charge in [0, 0.05) is 25.4 Å². The number of carbonyl (C=O) groups is 1. The highest BCUT2D eigenvalue weighted by molar-refractivity contribution is 5.95. The molecule has 0 aromatic carbocycles. The van der Waals surface area contributed by atoms with Crippen LogP contribution in [0.5, 0.6) is 0 Å². The smallest absolute Gasteiger partial charge is 0.254 e. The number of rotatable bonds is 5. The number of pyridine rings is 1. The van der Waals surface area contributed by atoms with Crippen molar-refractivity contribution < 1.29 is 9.90 Å². The van der Waals surface area contributed by atoms with Gasteiger partial charge < -0.3 is 15.3 Å². The molecule has 5 heteroatoms. The van der Waals surface area contributed by atoms with Gasteiger partial charge in [0.2, 0.25) is 0 Å². The lowest BCUT2D eigenvalue weighted by molar-refractivity contribution is 0.0682. The van der Waals surface area contributed by atoms with Crippen LogP contribution in [0.2, 0.25) is 0 Å². The number of aromatic nitrogens is 1. The van der Waals surface area contributed by atoms with E-state index in [4.69, 9.17) is 5.11 Å². The minimum Gasteiger partial charge on any atom is -0.394 e. The fourth-order valence-corrected chi connectivity index (χ4v) is 1.63. The van der Waals surface area contributed by atoms with Crippen LogP contribution in [0.3, 0.4) is 0 Å². The van der Waals surface area contributed by atoms with Gasteiger partial charge in [-0.2, -0.15) is 0 Å². The fourth-order valence-electron chi connectivity index (χ4n) is 1.63. The van der Waals surface area contributed by atoms with Crippen molar-refractivity contribution in [1.29, 1.82) is 0 Å². The molecule has 0 fully saturated rings. The Kier molecular flexibility index (Phi) is 5.30. The Bertz CT molecular complexity index is 446. The molecule has 1 aromatic heterocycles. The molecule has 0 saturated carbocycles. The number of aliphatic hydroxyl groups excluding tert-OH is 1. The summed E-state index contributed by atoms with van der Waals surface area (Å²) in [7, 11) is 3.47. The molecular formula is C14H23N3O2. The highest BCUT2D eigenvalue weighted by Gasteiger charge is 2.18. The van der Waals surface area contributed by atoms with Gasteiger partial charge in [-0.25, -0.2) is 4.98 Å². The van der Waals surface area contributed by atoms with Crippen LogP contribution in [-0.2, 0) is 0 Å². The molecule has 5 nitrogen and oxygen atoms in total. The van der Waals surface area contributed by atoms with Crippen molar-refractivity contribution in [3.05, 3.63) is 23.4 Å². The summed E-state index contributed by atoms with van der Waals surface area (Å²) in [6.07, 6.45) is 0. The van der Waals surface area contributed by atoms with E-state index in [2.05, 4.69) is 10.3 Å². The van der Waals surface area contributed by atoms with Crippen molar-refractivity contribution in [2.75, 3.05) is 26.0 Å². The summed E-state index contributed by atoms with van der Waals surface area (Å²) in [4.78, 5) is 18.3. The molecule has 106 valence electrons. The third kappa shape index (κ3) is 3.67. The summed E-state index contributed by atoms with van der Waals surface area (Å²) in [5.74, 6) is 0.822. The topological polar surface area (TPSA) is 65.5 Å². The van der Waals surface area contributed by atoms with Crippen LogP contribution >= 0.6 is 0 Å². The van der Waals surface area contributed by atoms with Gasteiger partial charge in [0.25, 0.3) is 5.91 Å². The Morgan fingerprint density at radius 2 is 2.05 bits per heavy atom. The molecule has 1 atom stereocenters. The second-order valence-electron chi connectivity index (χ2n) is 5.02. The van der Waals surface area contributed by atoms with E-state index < -0.39 is 0 Å². The van der Waals surface area contributed by atoms with Gasteiger partial charge in [0.15, 0.2) is 0 Å². The molecule has 2 N–H and O–H groups in total. The molecule has 1 amide bonds. The largest absolute Gasteiger partial charge is 0.394 e. The number of hydrogen-bond donors (Lipinski definition) is 2. The van der Waals surface area contributed by atoms with Crippen LogP contribution in [0.25, 0.3) is 0 Å². The van der Waals surface area contributed by atoms with Crippen LogP contribution in [-0.4, -0.2) is 47.6 Å². The molecule has 0 aliphatic heterocycles. The van der Waals surface area contributed by atoms with Crippen molar-refractivity contribution in [3.63, 3.8) is 0 Å². The van der Waals surface area contributed by atoms with Gasteiger partial charge in [-0.1, -0.05) is 13.8 Å². The highest BCUT2D eigenvalue weighted by Crippen LogP contribution is 2.18. The van der Waals surface area contributed by atoms with E-state index in [0.717, 1.165) is 5.69 Å². The van der Waals surface area contributed by atoms with Gasteiger partial charge in [-0.3, -0.25) is 4.79 Å². The Morgan fingerprint density at radius 3 is 2.53 bits per heavy atom. The van der Waals surface area contributed by atoms with Crippen LogP contribution in [0, 0.1) is 0 Å². The van der Waals surface area contributed by atoms with E-state index in [9.17, 15) is 4.79 Å². The Balaban J connectivity index is 3.12. The lowest BCUT2D eigenvalue weighted by atomic mass is 10.1. The standard InChI is InChI=1S/C14H23N3O2/c1-9(2)12-6-11(7-13(15-4)16-12)14(19)17(5)10(3)8-18/h6-7,9-10,18H,8H2,1-5H3,(H,15,16). The fraction of sp³-hybridized carbons (Fsp3) is 0.571. The summed E-state index contributed by atoms with van der Waals surface area (Å²) in [5, 5.41) is 12.1. The zero-order valence-electron chi connectivity index (χ0n) is 12.3. The van der Waals surface area contributed by atoms with Crippen molar-refractivity contribution in [2.45, 2.75) is 32.7 Å². The Labute approximate surface area is 114 Å². The molecule has 19 heavy (non-hydrogen) atoms. The number of nitrogens with one attached hydrogen (secondary N) is 1. The average molecular weight is 265 g/mol. The Morgan fingerprint density at radius 1 is 1.42 bits per heavy atom. The van der Waals surface area contributed by atoms with Crippen LogP contribution < -0.4 is 5.32 Å². The summed E-state index contributed by atoms with van der Waals surface area (Å²) >= 11 is 0. The van der Waals surface area contributed by atoms with Crippen LogP contribution in [0.4, 0.5) is 5.82 Å². The first kappa shape index (κ1) is 15.4. The van der Waals surface area contributed by atoms with Crippen molar-refractivity contribution >= 4 is 11.7 Å². The monoisotopic (exact) mass is 265 g/mol. The molecule has 1 aromatic rings. The number of carbonyl (C=O) groups excluding carboxylic acids is 1. The van der Waals surface area contributed by atoms with E-state index in [1.807, 2.05) is 19.9 Å². The van der Waals surface area contributed by atoms with Gasteiger partial charge in [-0.15, -0.1) is 0 Å². The molecule has 1 unspecified atom stereocenters. The zero-order chi connectivity index (χ0) is 14.6. The van der Waals surface area contributed by atoms with Gasteiger partial charge in [0.1, 0.15) is 5.82 Å². The predicted octanol–water partition coefficient (Wildman–Crippen LogP) is 1.70. The van der Waals surface area contributed by atoms with Gasteiger partial charge in [0.05, 0.1) is 12.6 Å². The van der Waals surface area contributed by atoms with E-state index >= 15 is 0 Å². The third-order valence-corrected chi connectivity index (χ3v) is 3.19. The summed E-state index contributed by atoms with van der Waals surface area (Å²) in [5.41, 5.74) is 1.46. The first-order chi connectivity index (χ1) is 8.90. The molecule has 1 rings (SSSR count). The summed E-state index contributed by atoms with van der Waals surface area (Å²) < 4.78 is 0. The first-order valence-electron chi connectivity index (χ1n) is 6.48. The molecule has 0 bridgehead atoms. The first-order valence-corrected chi connectivity index (χ1v) is 6.48. The molecule has 0 spiro atoms. The highest BCUT2D eigenvalue weighted by atomic mass is 16.3. The normalized spacial score (nSPS) is 12.4. The second-order valence-corrected chi connectivity index (χ2v) is 5.02. The second kappa shape index (κ2) is 6.52. The minimum atomic E-state index is -0.207. The lowest BCUT2D eigenvalue weighted by Crippen LogP contribution is -2.37. The maximum Gasteiger partial charge on any atom is 0.254 e. The van der Waals surface area contributed by atoms with Gasteiger partial charge >= 0.3 is 0 Å². The quantitative estimate of drug-likeness (QED) is 0.850. The number of anilines is 1. The SMILES string of the molecule is CNc1cc(C(=O)N(C)C(C)CO)cc(C(C)C)n1. The van der Waals surface area contributed by atoms with E-state index in [-0.39, 0.29) is 24.5 Å². The van der Waals surface area contributed by atoms with Crippen LogP contribution in [0.1, 0.15) is 42.7 Å². The third-order valence-electron chi connectivity index (χ3n) is 3.19. The molecule has 0 saturated heterocycles. The van der Waals surface area contributed by atoms with Crippen molar-refractivity contribution in [3.8, 4) is 0 Å². The molecule has 0 aliphatic carbocycles. The van der Waals surface area contributed by atoms with Crippen LogP contribution in [0.15, 0.2) is 12.1 Å². The van der Waals surface area contributed by atoms with Crippen molar-refractivity contribution in [1.82, 2.24) is 9.88 Å². The molecule has 1 heterocycles. The van der Waals surface area contributed by atoms with E-state index in [0.29, 0.717) is 11.4 Å². The number of likely N-dealkylation sites (N-methyl/N-ethyl adjacent to an activating group) is 1. The van der Waals surface area contributed by atoms with E-state index in [1.165, 1.54) is 0 Å². The summed E-state index contributed by atoms with van der Waals surface area (Å²) in [6.45, 7) is 5.83. The maximum absolute atomic E-state index is 12.3. The number of nitrogens with zero attached hydrogens (tertiary/aromatic N) is 2. The number of aliphatic hydroxyl groups is 1. The average Bonchev–Trinajstić information content (AvgIpc) is 2.43. The lowest BCUT2D eigenvalue weighted by Gasteiger charge is -2.23. The minimum absolute atomic E-state index is 0.0523. The predicted molar refractivity (Wildman–Crippen MR) is 76.5 cm³/mol. The maximum atomic E-state index is 12.3. The number of hydrogen-bond acceptors (Lipinski definition) is 4. The van der Waals surface area contributed by atoms with E-state index in [1.54, 1.807) is 32.0 Å². The molecular weight excluding hydrogens is 242 g/mol. The number of amides is 1. The van der Waals surface area contributed by atoms with Crippen molar-refractivity contribution in [2.24, 2.45) is 0 Å². The zero-order valence-corrected chi connectivity index (χ0v) is 12.3. The molecule has 0 aliphatic rings. The van der Waals surface area contributed by atoms with Gasteiger partial charge in [-0.05, 0) is 25.0 Å². The summed E-state index contributed by atoms with van der Waals surface area (Å²) in [6, 6.07) is 3.34. The molecule has 0 radical (unpaired) electrons. The Hall–Kier alpha value is -1.62.